The number of anilines is 2. The van der Waals surface area contributed by atoms with Crippen molar-refractivity contribution >= 4 is 39.9 Å². The topological polar surface area (TPSA) is 128 Å². The fourth-order valence-corrected chi connectivity index (χ4v) is 5.27. The van der Waals surface area contributed by atoms with Gasteiger partial charge in [0, 0.05) is 31.7 Å². The van der Waals surface area contributed by atoms with Crippen molar-refractivity contribution in [1.82, 2.24) is 33.7 Å². The van der Waals surface area contributed by atoms with Crippen LogP contribution in [0.5, 0.6) is 11.5 Å². The fraction of sp³-hybridized carbons (Fsp3) is 0.308. The van der Waals surface area contributed by atoms with Gasteiger partial charge in [0.05, 0.1) is 30.6 Å². The van der Waals surface area contributed by atoms with E-state index in [1.165, 1.54) is 6.20 Å². The van der Waals surface area contributed by atoms with E-state index in [-0.39, 0.29) is 17.5 Å². The third kappa shape index (κ3) is 3.68. The molecule has 190 valence electrons. The number of halogens is 1. The number of rotatable bonds is 6. The molecule has 0 radical (unpaired) electrons. The van der Waals surface area contributed by atoms with Gasteiger partial charge in [-0.3, -0.25) is 9.78 Å². The van der Waals surface area contributed by atoms with Crippen LogP contribution >= 0.6 is 11.6 Å². The van der Waals surface area contributed by atoms with Crippen LogP contribution in [0.2, 0.25) is 5.02 Å². The van der Waals surface area contributed by atoms with Crippen molar-refractivity contribution in [3.63, 3.8) is 0 Å². The number of hydrogen-bond acceptors (Lipinski definition) is 8. The van der Waals surface area contributed by atoms with Crippen molar-refractivity contribution in [2.24, 2.45) is 13.0 Å². The first-order valence-corrected chi connectivity index (χ1v) is 12.8. The average Bonchev–Trinajstić information content (AvgIpc) is 3.59. The van der Waals surface area contributed by atoms with Gasteiger partial charge in [-0.1, -0.05) is 11.6 Å². The highest BCUT2D eigenvalue weighted by Gasteiger charge is 2.33. The van der Waals surface area contributed by atoms with Crippen molar-refractivity contribution in [3.05, 3.63) is 64.2 Å². The maximum Gasteiger partial charge on any atom is 0.274 e. The van der Waals surface area contributed by atoms with Gasteiger partial charge in [-0.25, -0.2) is 9.50 Å². The van der Waals surface area contributed by atoms with E-state index in [1.54, 1.807) is 45.5 Å². The number of imidazole rings is 1. The number of ether oxygens (including phenoxy) is 1. The zero-order chi connectivity index (χ0) is 26.0. The maximum absolute atomic E-state index is 13.4. The third-order valence-corrected chi connectivity index (χ3v) is 7.73. The van der Waals surface area contributed by atoms with E-state index < -0.39 is 0 Å². The van der Waals surface area contributed by atoms with Crippen LogP contribution in [0.25, 0.3) is 16.7 Å². The van der Waals surface area contributed by atoms with Gasteiger partial charge in [-0.15, -0.1) is 0 Å². The third-order valence-electron chi connectivity index (χ3n) is 7.36. The maximum atomic E-state index is 13.4. The molecule has 0 unspecified atom stereocenters. The molecule has 5 aromatic rings. The second kappa shape index (κ2) is 8.56. The van der Waals surface area contributed by atoms with Gasteiger partial charge < -0.3 is 19.2 Å². The van der Waals surface area contributed by atoms with Crippen LogP contribution in [-0.4, -0.2) is 33.7 Å². The highest BCUT2D eigenvalue weighted by atomic mass is 35.5. The Morgan fingerprint density at radius 1 is 1.21 bits per heavy atom. The Balaban J connectivity index is 1.24. The lowest BCUT2D eigenvalue weighted by Crippen LogP contribution is -2.34. The van der Waals surface area contributed by atoms with E-state index >= 15 is 0 Å². The van der Waals surface area contributed by atoms with Gasteiger partial charge in [0.15, 0.2) is 17.1 Å². The minimum absolute atomic E-state index is 0.00867. The monoisotopic (exact) mass is 527 g/mol. The Kier molecular flexibility index (Phi) is 5.13. The van der Waals surface area contributed by atoms with Crippen LogP contribution in [0, 0.1) is 17.2 Å². The number of pyridine rings is 2. The first-order valence-electron chi connectivity index (χ1n) is 12.4. The van der Waals surface area contributed by atoms with Crippen LogP contribution in [0.1, 0.15) is 43.2 Å². The molecule has 2 saturated carbocycles. The summed E-state index contributed by atoms with van der Waals surface area (Å²) >= 11 is 6.77. The summed E-state index contributed by atoms with van der Waals surface area (Å²) < 4.78 is 11.2. The Morgan fingerprint density at radius 3 is 2.84 bits per heavy atom. The Morgan fingerprint density at radius 2 is 2.05 bits per heavy atom. The second-order valence-corrected chi connectivity index (χ2v) is 10.2. The molecule has 0 atom stereocenters. The molecule has 0 aliphatic heterocycles. The smallest absolute Gasteiger partial charge is 0.274 e. The molecule has 38 heavy (non-hydrogen) atoms. The van der Waals surface area contributed by atoms with Crippen molar-refractivity contribution < 1.29 is 4.74 Å². The Labute approximate surface area is 221 Å². The summed E-state index contributed by atoms with van der Waals surface area (Å²) in [5.74, 6) is 1.75. The molecule has 5 heterocycles. The van der Waals surface area contributed by atoms with E-state index in [4.69, 9.17) is 16.3 Å². The second-order valence-electron chi connectivity index (χ2n) is 9.87. The van der Waals surface area contributed by atoms with Gasteiger partial charge in [0.25, 0.3) is 5.56 Å². The van der Waals surface area contributed by atoms with Crippen LogP contribution in [0.3, 0.4) is 0 Å². The van der Waals surface area contributed by atoms with Crippen molar-refractivity contribution in [2.45, 2.75) is 37.6 Å². The summed E-state index contributed by atoms with van der Waals surface area (Å²) in [5, 5.41) is 17.0. The van der Waals surface area contributed by atoms with E-state index in [0.29, 0.717) is 63.6 Å². The molecule has 0 bridgehead atoms. The highest BCUT2D eigenvalue weighted by Crippen LogP contribution is 2.43. The summed E-state index contributed by atoms with van der Waals surface area (Å²) in [4.78, 5) is 26.6. The van der Waals surface area contributed by atoms with E-state index in [0.717, 1.165) is 18.4 Å². The number of hydrogen-bond donors (Lipinski definition) is 1. The molecule has 12 heteroatoms. The average molecular weight is 528 g/mol. The van der Waals surface area contributed by atoms with E-state index in [2.05, 4.69) is 31.4 Å². The van der Waals surface area contributed by atoms with Crippen LogP contribution in [0.15, 0.2) is 48.0 Å². The van der Waals surface area contributed by atoms with Gasteiger partial charge >= 0.3 is 0 Å². The molecule has 1 N–H and O–H groups in total. The lowest BCUT2D eigenvalue weighted by atomic mass is 9.81. The molecule has 2 fully saturated rings. The largest absolute Gasteiger partial charge is 0.450 e. The minimum atomic E-state index is -0.132. The standard InChI is InChI=1S/C26H22ClN9O2/c1-34-23-22(27)21(38-20-12-31-36-5-4-29-10-19(20)36)11-30-24(23)33-26(34)32-18-8-16(15-2-3-15)13-35(25(18)37)17-6-14(7-17)9-28/h4-5,8,10-15,17H,2-3,6-7H2,1H3,(H,30,32,33)/t14-,17+. The molecule has 5 aromatic heterocycles. The first-order chi connectivity index (χ1) is 18.5. The molecule has 0 amide bonds. The number of aryl methyl sites for hydroxylation is 1. The van der Waals surface area contributed by atoms with E-state index in [9.17, 15) is 10.1 Å². The normalized spacial score (nSPS) is 18.9. The Hall–Kier alpha value is -4.43. The molecule has 2 aliphatic carbocycles. The molecule has 0 aromatic carbocycles. The van der Waals surface area contributed by atoms with Gasteiger partial charge in [-0.2, -0.15) is 15.3 Å². The van der Waals surface area contributed by atoms with E-state index in [1.807, 2.05) is 12.3 Å². The highest BCUT2D eigenvalue weighted by molar-refractivity contribution is 6.36. The molecule has 2 aliphatic rings. The van der Waals surface area contributed by atoms with Crippen LogP contribution in [-0.2, 0) is 7.05 Å². The molecule has 11 nitrogen and oxygen atoms in total. The fourth-order valence-electron chi connectivity index (χ4n) is 4.97. The van der Waals surface area contributed by atoms with Crippen LogP contribution < -0.4 is 15.6 Å². The molecular formula is C26H22ClN9O2. The zero-order valence-electron chi connectivity index (χ0n) is 20.4. The predicted molar refractivity (Wildman–Crippen MR) is 140 cm³/mol. The van der Waals surface area contributed by atoms with Crippen molar-refractivity contribution in [1.29, 1.82) is 5.26 Å². The summed E-state index contributed by atoms with van der Waals surface area (Å²) in [7, 11) is 1.81. The summed E-state index contributed by atoms with van der Waals surface area (Å²) in [6, 6.07) is 4.25. The quantitative estimate of drug-likeness (QED) is 0.336. The van der Waals surface area contributed by atoms with Crippen LogP contribution in [0.4, 0.5) is 11.6 Å². The first kappa shape index (κ1) is 22.7. The molecule has 0 saturated heterocycles. The summed E-state index contributed by atoms with van der Waals surface area (Å²) in [5.41, 5.74) is 3.11. The number of nitriles is 1. The molecule has 7 rings (SSSR count). The zero-order valence-corrected chi connectivity index (χ0v) is 21.1. The lowest BCUT2D eigenvalue weighted by molar-refractivity contribution is 0.243. The van der Waals surface area contributed by atoms with Gasteiger partial charge in [0.1, 0.15) is 21.7 Å². The summed E-state index contributed by atoms with van der Waals surface area (Å²) in [6.07, 6.45) is 13.7. The molecule has 0 spiro atoms. The Bertz CT molecular complexity index is 1820. The van der Waals surface area contributed by atoms with Crippen molar-refractivity contribution in [2.75, 3.05) is 5.32 Å². The lowest BCUT2D eigenvalue weighted by Gasteiger charge is -2.32. The number of aromatic nitrogens is 7. The SMILES string of the molecule is Cn1c(Nc2cc(C3CC3)cn([C@H]3C[C@@H](C#N)C3)c2=O)nc2ncc(Oc3cnn4ccncc34)c(Cl)c21. The summed E-state index contributed by atoms with van der Waals surface area (Å²) in [6.45, 7) is 0. The van der Waals surface area contributed by atoms with Crippen molar-refractivity contribution in [3.8, 4) is 17.6 Å². The number of nitrogens with one attached hydrogen (secondary N) is 1. The number of nitrogens with zero attached hydrogens (tertiary/aromatic N) is 8. The predicted octanol–water partition coefficient (Wildman–Crippen LogP) is 4.71. The van der Waals surface area contributed by atoms with Gasteiger partial charge in [-0.05, 0) is 43.2 Å². The minimum Gasteiger partial charge on any atom is -0.450 e. The van der Waals surface area contributed by atoms with Gasteiger partial charge in [0.2, 0.25) is 5.95 Å². The molecular weight excluding hydrogens is 506 g/mol. The number of fused-ring (bicyclic) bond motifs is 2.